The molecule has 1 aliphatic heterocycles. The van der Waals surface area contributed by atoms with Gasteiger partial charge in [0.05, 0.1) is 21.9 Å². The number of nitriles is 1. The van der Waals surface area contributed by atoms with Crippen LogP contribution in [0.15, 0.2) is 24.0 Å². The van der Waals surface area contributed by atoms with Crippen LogP contribution in [-0.4, -0.2) is 46.5 Å². The number of amides is 1. The maximum Gasteiger partial charge on any atom is 0.240 e. The van der Waals surface area contributed by atoms with Gasteiger partial charge in [0.1, 0.15) is 23.3 Å². The van der Waals surface area contributed by atoms with E-state index >= 15 is 0 Å². The van der Waals surface area contributed by atoms with Gasteiger partial charge in [0, 0.05) is 50.8 Å². The zero-order valence-electron chi connectivity index (χ0n) is 19.3. The molecule has 1 saturated carbocycles. The van der Waals surface area contributed by atoms with Crippen LogP contribution in [0.1, 0.15) is 48.5 Å². The van der Waals surface area contributed by atoms with Crippen LogP contribution in [0.25, 0.3) is 5.03 Å². The summed E-state index contributed by atoms with van der Waals surface area (Å²) in [4.78, 5) is 28.3. The molecule has 0 radical (unpaired) electrons. The number of nitrogens with zero attached hydrogens (tertiary/aromatic N) is 5. The Bertz CT molecular complexity index is 1170. The van der Waals surface area contributed by atoms with Crippen LogP contribution in [0.4, 0.5) is 5.82 Å². The zero-order valence-corrected chi connectivity index (χ0v) is 20.1. The van der Waals surface area contributed by atoms with Crippen molar-refractivity contribution in [3.8, 4) is 6.07 Å². The maximum atomic E-state index is 12.3. The largest absolute Gasteiger partial charge is 0.358 e. The second kappa shape index (κ2) is 8.73. The third-order valence-electron chi connectivity index (χ3n) is 6.89. The Morgan fingerprint density at radius 1 is 1.36 bits per heavy atom. The van der Waals surface area contributed by atoms with Gasteiger partial charge in [-0.1, -0.05) is 24.1 Å². The first kappa shape index (κ1) is 23.1. The van der Waals surface area contributed by atoms with Gasteiger partial charge in [0.2, 0.25) is 5.91 Å². The number of halogens is 1. The van der Waals surface area contributed by atoms with E-state index in [4.69, 9.17) is 27.3 Å². The van der Waals surface area contributed by atoms with Crippen LogP contribution < -0.4 is 16.0 Å². The van der Waals surface area contributed by atoms with Gasteiger partial charge < -0.3 is 16.0 Å². The number of piperidine rings is 1. The fraction of sp³-hybridized carbons (Fsp3) is 0.458. The van der Waals surface area contributed by atoms with Crippen LogP contribution in [0, 0.1) is 30.1 Å². The monoisotopic (exact) mass is 465 g/mol. The predicted octanol–water partition coefficient (Wildman–Crippen LogP) is 2.53. The number of hydrogen-bond donors (Lipinski definition) is 2. The van der Waals surface area contributed by atoms with Gasteiger partial charge in [0.15, 0.2) is 0 Å². The van der Waals surface area contributed by atoms with Crippen molar-refractivity contribution in [3.05, 3.63) is 52.2 Å². The molecule has 1 saturated heterocycles. The highest BCUT2D eigenvalue weighted by Crippen LogP contribution is 2.55. The van der Waals surface area contributed by atoms with Crippen molar-refractivity contribution >= 4 is 28.4 Å². The number of aromatic nitrogens is 3. The Morgan fingerprint density at radius 3 is 2.67 bits per heavy atom. The number of fused-ring (bicyclic) bond motifs is 1. The molecule has 2 unspecified atom stereocenters. The van der Waals surface area contributed by atoms with E-state index in [1.807, 2.05) is 13.8 Å². The third kappa shape index (κ3) is 3.96. The van der Waals surface area contributed by atoms with Crippen molar-refractivity contribution in [1.29, 1.82) is 5.26 Å². The molecule has 2 aliphatic rings. The first-order valence-corrected chi connectivity index (χ1v) is 11.4. The van der Waals surface area contributed by atoms with Crippen LogP contribution in [0.3, 0.4) is 0 Å². The lowest BCUT2D eigenvalue weighted by atomic mass is 10.1. The predicted molar refractivity (Wildman–Crippen MR) is 127 cm³/mol. The van der Waals surface area contributed by atoms with Crippen molar-refractivity contribution < 1.29 is 4.79 Å². The lowest BCUT2D eigenvalue weighted by molar-refractivity contribution is -0.123. The summed E-state index contributed by atoms with van der Waals surface area (Å²) in [5.41, 5.74) is 9.65. The number of pyridine rings is 1. The first-order chi connectivity index (χ1) is 15.7. The SMILES string of the molecule is CC/C(C)=C(\Cl)c1c(C)nc(Cc2cncc(C#N)c2)nc1N1CC2C(C1)C2(N)C(=O)NC. The van der Waals surface area contributed by atoms with Crippen molar-refractivity contribution in [2.45, 2.75) is 39.2 Å². The standard InChI is InChI=1S/C24H28ClN7O/c1-5-13(2)21(25)20-14(3)30-19(7-15-6-16(8-26)10-29-9-15)31-22(20)32-11-17-18(12-32)24(17,27)23(33)28-4/h6,9-10,17-18H,5,7,11-12,27H2,1-4H3,(H,28,33)/b21-13-. The number of nitrogens with two attached hydrogens (primary N) is 1. The molecule has 172 valence electrons. The number of hydrogen-bond acceptors (Lipinski definition) is 7. The molecular weight excluding hydrogens is 438 g/mol. The number of carbonyl (C=O) groups excluding carboxylic acids is 1. The molecule has 0 bridgehead atoms. The number of allylic oxidation sites excluding steroid dienone is 1. The van der Waals surface area contributed by atoms with Crippen molar-refractivity contribution in [2.24, 2.45) is 17.6 Å². The molecule has 2 aromatic rings. The van der Waals surface area contributed by atoms with Gasteiger partial charge >= 0.3 is 0 Å². The van der Waals surface area contributed by atoms with Crippen molar-refractivity contribution in [1.82, 2.24) is 20.3 Å². The van der Waals surface area contributed by atoms with Crippen molar-refractivity contribution in [2.75, 3.05) is 25.0 Å². The molecule has 8 nitrogen and oxygen atoms in total. The summed E-state index contributed by atoms with van der Waals surface area (Å²) < 4.78 is 0. The molecule has 2 atom stereocenters. The normalized spacial score (nSPS) is 24.1. The molecule has 3 N–H and O–H groups in total. The van der Waals surface area contributed by atoms with E-state index in [1.54, 1.807) is 19.3 Å². The van der Waals surface area contributed by atoms with E-state index in [9.17, 15) is 10.1 Å². The van der Waals surface area contributed by atoms with Gasteiger partial charge in [-0.05, 0) is 31.9 Å². The second-order valence-electron chi connectivity index (χ2n) is 8.87. The summed E-state index contributed by atoms with van der Waals surface area (Å²) in [7, 11) is 1.62. The summed E-state index contributed by atoms with van der Waals surface area (Å²) in [6, 6.07) is 3.91. The van der Waals surface area contributed by atoms with Gasteiger partial charge in [-0.15, -0.1) is 0 Å². The first-order valence-electron chi connectivity index (χ1n) is 11.1. The van der Waals surface area contributed by atoms with Gasteiger partial charge in [-0.3, -0.25) is 9.78 Å². The molecule has 3 heterocycles. The average molecular weight is 466 g/mol. The molecule has 0 aromatic carbocycles. The lowest BCUT2D eigenvalue weighted by Crippen LogP contribution is -2.49. The van der Waals surface area contributed by atoms with Gasteiger partial charge in [-0.25, -0.2) is 9.97 Å². The Hall–Kier alpha value is -3.02. The number of nitrogens with one attached hydrogen (secondary N) is 1. The van der Waals surface area contributed by atoms with Crippen LogP contribution >= 0.6 is 11.6 Å². The molecule has 1 amide bonds. The summed E-state index contributed by atoms with van der Waals surface area (Å²) in [5.74, 6) is 1.45. The lowest BCUT2D eigenvalue weighted by Gasteiger charge is -2.27. The summed E-state index contributed by atoms with van der Waals surface area (Å²) in [6.07, 6.45) is 4.52. The Labute approximate surface area is 198 Å². The van der Waals surface area contributed by atoms with Gasteiger partial charge in [-0.2, -0.15) is 5.26 Å². The number of carbonyl (C=O) groups is 1. The number of rotatable bonds is 6. The quantitative estimate of drug-likeness (QED) is 0.672. The summed E-state index contributed by atoms with van der Waals surface area (Å²) in [5, 5.41) is 12.5. The van der Waals surface area contributed by atoms with Gasteiger partial charge in [0.25, 0.3) is 0 Å². The summed E-state index contributed by atoms with van der Waals surface area (Å²) >= 11 is 6.81. The Balaban J connectivity index is 1.71. The molecular formula is C24H28ClN7O. The highest BCUT2D eigenvalue weighted by molar-refractivity contribution is 6.49. The van der Waals surface area contributed by atoms with E-state index in [2.05, 4.69) is 28.2 Å². The highest BCUT2D eigenvalue weighted by atomic mass is 35.5. The second-order valence-corrected chi connectivity index (χ2v) is 9.25. The molecule has 4 rings (SSSR count). The van der Waals surface area contributed by atoms with Crippen LogP contribution in [0.2, 0.25) is 0 Å². The van der Waals surface area contributed by atoms with E-state index in [-0.39, 0.29) is 17.7 Å². The van der Waals surface area contributed by atoms with Crippen molar-refractivity contribution in [3.63, 3.8) is 0 Å². The maximum absolute atomic E-state index is 12.3. The molecule has 1 aliphatic carbocycles. The third-order valence-corrected chi connectivity index (χ3v) is 7.40. The number of anilines is 1. The van der Waals surface area contributed by atoms with Crippen LogP contribution in [-0.2, 0) is 11.2 Å². The molecule has 33 heavy (non-hydrogen) atoms. The van der Waals surface area contributed by atoms with E-state index in [0.29, 0.717) is 35.9 Å². The topological polar surface area (TPSA) is 121 Å². The number of aryl methyl sites for hydroxylation is 1. The molecule has 2 fully saturated rings. The molecule has 9 heteroatoms. The fourth-order valence-electron chi connectivity index (χ4n) is 4.77. The minimum atomic E-state index is -0.807. The van der Waals surface area contributed by atoms with E-state index in [0.717, 1.165) is 34.6 Å². The highest BCUT2D eigenvalue weighted by Gasteiger charge is 2.70. The Kier molecular flexibility index (Phi) is 6.12. The minimum Gasteiger partial charge on any atom is -0.358 e. The molecule has 2 aromatic heterocycles. The average Bonchev–Trinajstić information content (AvgIpc) is 3.15. The molecule has 0 spiro atoms. The number of likely N-dealkylation sites (N-methyl/N-ethyl adjacent to an activating group) is 1. The zero-order chi connectivity index (χ0) is 23.9. The van der Waals surface area contributed by atoms with E-state index < -0.39 is 5.54 Å². The van der Waals surface area contributed by atoms with Crippen LogP contribution in [0.5, 0.6) is 0 Å². The smallest absolute Gasteiger partial charge is 0.240 e. The van der Waals surface area contributed by atoms with E-state index in [1.165, 1.54) is 6.20 Å². The minimum absolute atomic E-state index is 0.0792. The fourth-order valence-corrected chi connectivity index (χ4v) is 5.13. The summed E-state index contributed by atoms with van der Waals surface area (Å²) in [6.45, 7) is 7.29. The Morgan fingerprint density at radius 2 is 2.06 bits per heavy atom.